The topological polar surface area (TPSA) is 77.9 Å². The van der Waals surface area contributed by atoms with Gasteiger partial charge < -0.3 is 14.9 Å². The summed E-state index contributed by atoms with van der Waals surface area (Å²) in [6.45, 7) is 4.07. The summed E-state index contributed by atoms with van der Waals surface area (Å²) in [7, 11) is 1.55. The summed E-state index contributed by atoms with van der Waals surface area (Å²) in [6, 6.07) is 5.88. The van der Waals surface area contributed by atoms with Crippen molar-refractivity contribution in [3.05, 3.63) is 35.6 Å². The van der Waals surface area contributed by atoms with Gasteiger partial charge in [-0.1, -0.05) is 12.1 Å². The maximum atomic E-state index is 13.5. The summed E-state index contributed by atoms with van der Waals surface area (Å²) < 4.78 is 13.5. The highest BCUT2D eigenvalue weighted by Gasteiger charge is 2.34. The molecule has 0 aromatic heterocycles. The molecule has 1 fully saturated rings. The van der Waals surface area contributed by atoms with Gasteiger partial charge in [0.15, 0.2) is 0 Å². The SMILES string of the molecule is CN(CC(=O)N1CCC(C(=O)O)CC1)C(=O)C(C)(C)c1cccc(F)c1. The minimum absolute atomic E-state index is 0.0880. The van der Waals surface area contributed by atoms with Crippen LogP contribution in [0.3, 0.4) is 0 Å². The first kappa shape index (κ1) is 19.9. The molecule has 1 aromatic rings. The lowest BCUT2D eigenvalue weighted by molar-refractivity contribution is -0.147. The fourth-order valence-electron chi connectivity index (χ4n) is 3.23. The number of halogens is 1. The second-order valence-electron chi connectivity index (χ2n) is 7.29. The molecule has 0 unspecified atom stereocenters. The molecule has 2 amide bonds. The van der Waals surface area contributed by atoms with Crippen molar-refractivity contribution >= 4 is 17.8 Å². The molecule has 1 aromatic carbocycles. The summed E-state index contributed by atoms with van der Waals surface area (Å²) >= 11 is 0. The van der Waals surface area contributed by atoms with Gasteiger partial charge in [0.25, 0.3) is 0 Å². The molecule has 7 heteroatoms. The van der Waals surface area contributed by atoms with Crippen LogP contribution in [0.1, 0.15) is 32.3 Å². The van der Waals surface area contributed by atoms with Gasteiger partial charge in [-0.2, -0.15) is 0 Å². The largest absolute Gasteiger partial charge is 0.481 e. The molecule has 1 aliphatic rings. The standard InChI is InChI=1S/C19H25FN2O4/c1-19(2,14-5-4-6-15(20)11-14)18(26)21(3)12-16(23)22-9-7-13(8-10-22)17(24)25/h4-6,11,13H,7-10,12H2,1-3H3,(H,24,25). The number of carbonyl (C=O) groups excluding carboxylic acids is 2. The molecule has 1 saturated heterocycles. The second kappa shape index (κ2) is 7.85. The molecule has 0 aliphatic carbocycles. The Morgan fingerprint density at radius 1 is 1.27 bits per heavy atom. The lowest BCUT2D eigenvalue weighted by Gasteiger charge is -2.33. The van der Waals surface area contributed by atoms with E-state index in [4.69, 9.17) is 5.11 Å². The van der Waals surface area contributed by atoms with Crippen LogP contribution in [0.5, 0.6) is 0 Å². The Labute approximate surface area is 152 Å². The molecule has 0 bridgehead atoms. The molecule has 1 heterocycles. The summed E-state index contributed by atoms with van der Waals surface area (Å²) in [5.74, 6) is -2.15. The summed E-state index contributed by atoms with van der Waals surface area (Å²) in [5, 5.41) is 9.02. The molecule has 142 valence electrons. The number of hydrogen-bond donors (Lipinski definition) is 1. The molecular weight excluding hydrogens is 339 g/mol. The van der Waals surface area contributed by atoms with E-state index in [2.05, 4.69) is 0 Å². The molecule has 0 atom stereocenters. The van der Waals surface area contributed by atoms with E-state index in [-0.39, 0.29) is 18.4 Å². The van der Waals surface area contributed by atoms with Gasteiger partial charge in [-0.15, -0.1) is 0 Å². The zero-order valence-corrected chi connectivity index (χ0v) is 15.4. The van der Waals surface area contributed by atoms with E-state index in [1.807, 2.05) is 0 Å². The number of carboxylic acids is 1. The number of hydrogen-bond acceptors (Lipinski definition) is 3. The lowest BCUT2D eigenvalue weighted by Crippen LogP contribution is -2.48. The minimum atomic E-state index is -0.965. The maximum absolute atomic E-state index is 13.5. The fraction of sp³-hybridized carbons (Fsp3) is 0.526. The number of rotatable bonds is 5. The van der Waals surface area contributed by atoms with Gasteiger partial charge in [0.2, 0.25) is 11.8 Å². The molecule has 0 spiro atoms. The first-order valence-electron chi connectivity index (χ1n) is 8.65. The van der Waals surface area contributed by atoms with E-state index in [0.29, 0.717) is 31.5 Å². The third-order valence-corrected chi connectivity index (χ3v) is 5.00. The van der Waals surface area contributed by atoms with Gasteiger partial charge >= 0.3 is 5.97 Å². The predicted molar refractivity (Wildman–Crippen MR) is 94.0 cm³/mol. The van der Waals surface area contributed by atoms with Crippen LogP contribution in [0.2, 0.25) is 0 Å². The van der Waals surface area contributed by atoms with Crippen molar-refractivity contribution in [2.75, 3.05) is 26.7 Å². The van der Waals surface area contributed by atoms with Gasteiger partial charge in [-0.25, -0.2) is 4.39 Å². The molecule has 0 saturated carbocycles. The Morgan fingerprint density at radius 3 is 2.42 bits per heavy atom. The highest BCUT2D eigenvalue weighted by molar-refractivity contribution is 5.91. The van der Waals surface area contributed by atoms with E-state index in [9.17, 15) is 18.8 Å². The fourth-order valence-corrected chi connectivity index (χ4v) is 3.23. The number of piperidine rings is 1. The molecule has 2 rings (SSSR count). The van der Waals surface area contributed by atoms with E-state index in [1.165, 1.54) is 17.0 Å². The van der Waals surface area contributed by atoms with Crippen molar-refractivity contribution in [2.24, 2.45) is 5.92 Å². The average molecular weight is 364 g/mol. The van der Waals surface area contributed by atoms with E-state index >= 15 is 0 Å². The van der Waals surface area contributed by atoms with Crippen LogP contribution in [0.4, 0.5) is 4.39 Å². The number of likely N-dealkylation sites (N-methyl/N-ethyl adjacent to an activating group) is 1. The third-order valence-electron chi connectivity index (χ3n) is 5.00. The number of aliphatic carboxylic acids is 1. The number of benzene rings is 1. The molecule has 1 aliphatic heterocycles. The second-order valence-corrected chi connectivity index (χ2v) is 7.29. The Balaban J connectivity index is 1.98. The number of likely N-dealkylation sites (tertiary alicyclic amines) is 1. The summed E-state index contributed by atoms with van der Waals surface area (Å²) in [4.78, 5) is 39.1. The number of amides is 2. The zero-order chi connectivity index (χ0) is 19.5. The average Bonchev–Trinajstić information content (AvgIpc) is 2.60. The predicted octanol–water partition coefficient (Wildman–Crippen LogP) is 1.88. The van der Waals surface area contributed by atoms with Crippen LogP contribution in [0.15, 0.2) is 24.3 Å². The highest BCUT2D eigenvalue weighted by Crippen LogP contribution is 2.26. The highest BCUT2D eigenvalue weighted by atomic mass is 19.1. The Morgan fingerprint density at radius 2 is 1.88 bits per heavy atom. The van der Waals surface area contributed by atoms with Crippen molar-refractivity contribution in [1.82, 2.24) is 9.80 Å². The molecule has 6 nitrogen and oxygen atoms in total. The molecule has 0 radical (unpaired) electrons. The summed E-state index contributed by atoms with van der Waals surface area (Å²) in [5.41, 5.74) is -0.419. The number of carbonyl (C=O) groups is 3. The van der Waals surface area contributed by atoms with Crippen LogP contribution in [0.25, 0.3) is 0 Å². The monoisotopic (exact) mass is 364 g/mol. The third kappa shape index (κ3) is 4.39. The van der Waals surface area contributed by atoms with Crippen LogP contribution in [-0.4, -0.2) is 59.4 Å². The molecular formula is C19H25FN2O4. The van der Waals surface area contributed by atoms with Crippen molar-refractivity contribution in [3.8, 4) is 0 Å². The van der Waals surface area contributed by atoms with Gasteiger partial charge in [-0.3, -0.25) is 14.4 Å². The zero-order valence-electron chi connectivity index (χ0n) is 15.4. The first-order chi connectivity index (χ1) is 12.1. The van der Waals surface area contributed by atoms with Gasteiger partial charge in [0.05, 0.1) is 17.9 Å². The van der Waals surface area contributed by atoms with E-state index in [0.717, 1.165) is 0 Å². The van der Waals surface area contributed by atoms with Crippen LogP contribution in [0, 0.1) is 11.7 Å². The van der Waals surface area contributed by atoms with Crippen LogP contribution >= 0.6 is 0 Å². The van der Waals surface area contributed by atoms with Crippen LogP contribution in [-0.2, 0) is 19.8 Å². The summed E-state index contributed by atoms with van der Waals surface area (Å²) in [6.07, 6.45) is 0.848. The normalized spacial score (nSPS) is 15.6. The van der Waals surface area contributed by atoms with Crippen molar-refractivity contribution in [1.29, 1.82) is 0 Å². The van der Waals surface area contributed by atoms with Crippen molar-refractivity contribution in [3.63, 3.8) is 0 Å². The Hall–Kier alpha value is -2.44. The first-order valence-corrected chi connectivity index (χ1v) is 8.65. The number of nitrogens with zero attached hydrogens (tertiary/aromatic N) is 2. The van der Waals surface area contributed by atoms with Gasteiger partial charge in [0.1, 0.15) is 5.82 Å². The van der Waals surface area contributed by atoms with Crippen LogP contribution < -0.4 is 0 Å². The Kier molecular flexibility index (Phi) is 6.00. The van der Waals surface area contributed by atoms with E-state index in [1.54, 1.807) is 37.9 Å². The van der Waals surface area contributed by atoms with Gasteiger partial charge in [0, 0.05) is 20.1 Å². The molecule has 26 heavy (non-hydrogen) atoms. The number of carboxylic acid groups (broad SMARTS) is 1. The molecule has 1 N–H and O–H groups in total. The van der Waals surface area contributed by atoms with Gasteiger partial charge in [-0.05, 0) is 44.4 Å². The maximum Gasteiger partial charge on any atom is 0.306 e. The smallest absolute Gasteiger partial charge is 0.306 e. The minimum Gasteiger partial charge on any atom is -0.481 e. The Bertz CT molecular complexity index is 697. The van der Waals surface area contributed by atoms with Crippen molar-refractivity contribution < 1.29 is 23.9 Å². The quantitative estimate of drug-likeness (QED) is 0.865. The van der Waals surface area contributed by atoms with Crippen molar-refractivity contribution in [2.45, 2.75) is 32.1 Å². The van der Waals surface area contributed by atoms with E-state index < -0.39 is 23.1 Å². The lowest BCUT2D eigenvalue weighted by atomic mass is 9.83.